The topological polar surface area (TPSA) is 94.6 Å². The summed E-state index contributed by atoms with van der Waals surface area (Å²) in [6.45, 7) is 0.356. The zero-order valence-electron chi connectivity index (χ0n) is 16.2. The molecule has 0 spiro atoms. The van der Waals surface area contributed by atoms with Crippen LogP contribution in [-0.2, 0) is 11.3 Å². The second-order valence-corrected chi connectivity index (χ2v) is 6.85. The molecule has 0 atom stereocenters. The number of esters is 1. The number of hydrogen-bond donors (Lipinski definition) is 0. The zero-order chi connectivity index (χ0) is 21.3. The number of halogens is 1. The minimum absolute atomic E-state index is 0.0269. The van der Waals surface area contributed by atoms with Gasteiger partial charge in [-0.1, -0.05) is 29.8 Å². The lowest BCUT2D eigenvalue weighted by Crippen LogP contribution is -2.27. The Labute approximate surface area is 176 Å². The lowest BCUT2D eigenvalue weighted by molar-refractivity contribution is 0.0600. The van der Waals surface area contributed by atoms with E-state index in [4.69, 9.17) is 16.3 Å². The third-order valence-corrected chi connectivity index (χ3v) is 4.97. The van der Waals surface area contributed by atoms with Gasteiger partial charge < -0.3 is 9.64 Å². The smallest absolute Gasteiger partial charge is 0.340 e. The third kappa shape index (κ3) is 3.39. The van der Waals surface area contributed by atoms with Gasteiger partial charge in [-0.15, -0.1) is 10.2 Å². The number of nitrogens with zero attached hydrogens (tertiary/aromatic N) is 6. The largest absolute Gasteiger partial charge is 0.465 e. The molecule has 0 bridgehead atoms. The van der Waals surface area contributed by atoms with E-state index in [0.717, 1.165) is 10.3 Å². The first kappa shape index (κ1) is 19.6. The monoisotopic (exact) mass is 424 g/mol. The van der Waals surface area contributed by atoms with E-state index < -0.39 is 11.5 Å². The van der Waals surface area contributed by atoms with Crippen LogP contribution in [0.5, 0.6) is 0 Å². The van der Waals surface area contributed by atoms with Crippen molar-refractivity contribution in [2.75, 3.05) is 19.1 Å². The standard InChI is InChI=1S/C20H17ClN6O3/c1-25(12-17-24-23-16-9-5-6-10-26(16)17)15-11-22-27(19(28)18(15)21)14-8-4-3-7-13(14)20(29)30-2/h3-11H,12H2,1-2H3. The van der Waals surface area contributed by atoms with Crippen molar-refractivity contribution in [3.05, 3.63) is 81.6 Å². The Kier molecular flexibility index (Phi) is 5.20. The number of aromatic nitrogens is 5. The van der Waals surface area contributed by atoms with Gasteiger partial charge in [0.25, 0.3) is 5.56 Å². The van der Waals surface area contributed by atoms with Gasteiger partial charge in [0.2, 0.25) is 0 Å². The molecule has 0 amide bonds. The summed E-state index contributed by atoms with van der Waals surface area (Å²) in [5, 5.41) is 12.5. The fourth-order valence-corrected chi connectivity index (χ4v) is 3.37. The Balaban J connectivity index is 1.70. The van der Waals surface area contributed by atoms with Gasteiger partial charge >= 0.3 is 5.97 Å². The average Bonchev–Trinajstić information content (AvgIpc) is 3.18. The Morgan fingerprint density at radius 3 is 2.73 bits per heavy atom. The van der Waals surface area contributed by atoms with E-state index in [1.165, 1.54) is 13.3 Å². The molecule has 0 aliphatic heterocycles. The predicted octanol–water partition coefficient (Wildman–Crippen LogP) is 2.35. The van der Waals surface area contributed by atoms with E-state index >= 15 is 0 Å². The molecule has 3 heterocycles. The summed E-state index contributed by atoms with van der Waals surface area (Å²) >= 11 is 6.39. The summed E-state index contributed by atoms with van der Waals surface area (Å²) < 4.78 is 7.72. The van der Waals surface area contributed by atoms with Crippen LogP contribution in [-0.4, -0.2) is 44.5 Å². The molecule has 0 aliphatic rings. The molecule has 9 nitrogen and oxygen atoms in total. The molecule has 0 saturated carbocycles. The van der Waals surface area contributed by atoms with Gasteiger partial charge in [-0.05, 0) is 24.3 Å². The first-order chi connectivity index (χ1) is 14.5. The summed E-state index contributed by atoms with van der Waals surface area (Å²) in [4.78, 5) is 26.7. The first-order valence-electron chi connectivity index (χ1n) is 8.96. The van der Waals surface area contributed by atoms with Gasteiger partial charge in [0.15, 0.2) is 11.5 Å². The highest BCUT2D eigenvalue weighted by molar-refractivity contribution is 6.33. The number of pyridine rings is 1. The maximum absolute atomic E-state index is 12.9. The Hall–Kier alpha value is -3.72. The number of carbonyl (C=O) groups excluding carboxylic acids is 1. The molecule has 0 saturated heterocycles. The number of anilines is 1. The van der Waals surface area contributed by atoms with Gasteiger partial charge in [0.1, 0.15) is 5.02 Å². The molecule has 3 aromatic heterocycles. The van der Waals surface area contributed by atoms with Crippen LogP contribution in [0.1, 0.15) is 16.2 Å². The van der Waals surface area contributed by atoms with Crippen LogP contribution in [0.25, 0.3) is 11.3 Å². The molecule has 0 aliphatic carbocycles. The van der Waals surface area contributed by atoms with Crippen molar-refractivity contribution in [2.24, 2.45) is 0 Å². The molecule has 152 valence electrons. The Morgan fingerprint density at radius 2 is 1.93 bits per heavy atom. The fraction of sp³-hybridized carbons (Fsp3) is 0.150. The minimum atomic E-state index is -0.574. The van der Waals surface area contributed by atoms with E-state index in [0.29, 0.717) is 18.1 Å². The summed E-state index contributed by atoms with van der Waals surface area (Å²) in [6, 6.07) is 12.1. The molecule has 0 radical (unpaired) electrons. The molecular weight excluding hydrogens is 408 g/mol. The van der Waals surface area contributed by atoms with Crippen molar-refractivity contribution >= 4 is 28.9 Å². The predicted molar refractivity (Wildman–Crippen MR) is 111 cm³/mol. The highest BCUT2D eigenvalue weighted by Crippen LogP contribution is 2.23. The summed E-state index contributed by atoms with van der Waals surface area (Å²) in [5.41, 5.74) is 1.10. The van der Waals surface area contributed by atoms with Crippen molar-refractivity contribution in [3.8, 4) is 5.69 Å². The van der Waals surface area contributed by atoms with Crippen molar-refractivity contribution < 1.29 is 9.53 Å². The number of para-hydroxylation sites is 1. The number of hydrogen-bond acceptors (Lipinski definition) is 7. The van der Waals surface area contributed by atoms with Crippen LogP contribution in [0.3, 0.4) is 0 Å². The van der Waals surface area contributed by atoms with E-state index in [2.05, 4.69) is 15.3 Å². The van der Waals surface area contributed by atoms with E-state index in [9.17, 15) is 9.59 Å². The Bertz CT molecular complexity index is 1300. The maximum Gasteiger partial charge on any atom is 0.340 e. The van der Waals surface area contributed by atoms with Crippen LogP contribution in [0.2, 0.25) is 5.02 Å². The van der Waals surface area contributed by atoms with Crippen LogP contribution in [0.15, 0.2) is 59.7 Å². The summed E-state index contributed by atoms with van der Waals surface area (Å²) in [6.07, 6.45) is 3.33. The number of methoxy groups -OCH3 is 1. The lowest BCUT2D eigenvalue weighted by atomic mass is 10.2. The number of fused-ring (bicyclic) bond motifs is 1. The molecule has 1 aromatic carbocycles. The third-order valence-electron chi connectivity index (χ3n) is 4.61. The highest BCUT2D eigenvalue weighted by atomic mass is 35.5. The van der Waals surface area contributed by atoms with Gasteiger partial charge in [-0.25, -0.2) is 4.79 Å². The number of benzene rings is 1. The van der Waals surface area contributed by atoms with Crippen molar-refractivity contribution in [3.63, 3.8) is 0 Å². The summed E-state index contributed by atoms with van der Waals surface area (Å²) in [5.74, 6) is 0.111. The molecule has 4 aromatic rings. The summed E-state index contributed by atoms with van der Waals surface area (Å²) in [7, 11) is 3.05. The SMILES string of the molecule is COC(=O)c1ccccc1-n1ncc(N(C)Cc2nnc3ccccn23)c(Cl)c1=O. The van der Waals surface area contributed by atoms with Gasteiger partial charge in [0, 0.05) is 13.2 Å². The zero-order valence-corrected chi connectivity index (χ0v) is 16.9. The molecule has 0 N–H and O–H groups in total. The number of rotatable bonds is 5. The van der Waals surface area contributed by atoms with Crippen LogP contribution in [0.4, 0.5) is 5.69 Å². The van der Waals surface area contributed by atoms with E-state index in [-0.39, 0.29) is 16.3 Å². The van der Waals surface area contributed by atoms with Crippen molar-refractivity contribution in [1.29, 1.82) is 0 Å². The Morgan fingerprint density at radius 1 is 1.17 bits per heavy atom. The molecule has 0 fully saturated rings. The van der Waals surface area contributed by atoms with Crippen LogP contribution in [0, 0.1) is 0 Å². The van der Waals surface area contributed by atoms with Gasteiger partial charge in [0.05, 0.1) is 36.8 Å². The molecule has 4 rings (SSSR count). The average molecular weight is 425 g/mol. The first-order valence-corrected chi connectivity index (χ1v) is 9.34. The maximum atomic E-state index is 12.9. The highest BCUT2D eigenvalue weighted by Gasteiger charge is 2.19. The number of ether oxygens (including phenoxy) is 1. The van der Waals surface area contributed by atoms with Gasteiger partial charge in [-0.2, -0.15) is 9.78 Å². The van der Waals surface area contributed by atoms with E-state index in [1.54, 1.807) is 36.2 Å². The fourth-order valence-electron chi connectivity index (χ4n) is 3.10. The van der Waals surface area contributed by atoms with Crippen molar-refractivity contribution in [1.82, 2.24) is 24.4 Å². The number of carbonyl (C=O) groups is 1. The quantitative estimate of drug-likeness (QED) is 0.454. The molecule has 0 unspecified atom stereocenters. The molecular formula is C20H17ClN6O3. The second kappa shape index (κ2) is 7.96. The van der Waals surface area contributed by atoms with Crippen molar-refractivity contribution in [2.45, 2.75) is 6.54 Å². The molecule has 10 heteroatoms. The minimum Gasteiger partial charge on any atom is -0.465 e. The molecule has 30 heavy (non-hydrogen) atoms. The normalized spacial score (nSPS) is 10.9. The van der Waals surface area contributed by atoms with Gasteiger partial charge in [-0.3, -0.25) is 9.20 Å². The van der Waals surface area contributed by atoms with E-state index in [1.807, 2.05) is 28.8 Å². The lowest BCUT2D eigenvalue weighted by Gasteiger charge is -2.19. The second-order valence-electron chi connectivity index (χ2n) is 6.47. The van der Waals surface area contributed by atoms with Crippen LogP contribution >= 0.6 is 11.6 Å². The van der Waals surface area contributed by atoms with Crippen LogP contribution < -0.4 is 10.5 Å².